The van der Waals surface area contributed by atoms with Crippen LogP contribution < -0.4 is 4.57 Å². The zero-order valence-electron chi connectivity index (χ0n) is 14.4. The summed E-state index contributed by atoms with van der Waals surface area (Å²) < 4.78 is 29.8. The first-order chi connectivity index (χ1) is 11.5. The first-order valence-corrected chi connectivity index (χ1v) is 6.80. The molecule has 0 N–H and O–H groups in total. The van der Waals surface area contributed by atoms with Gasteiger partial charge in [0.1, 0.15) is 12.1 Å². The summed E-state index contributed by atoms with van der Waals surface area (Å²) in [5.41, 5.74) is 4.30. The fraction of sp³-hybridized carbons (Fsp3) is 0.188. The molecule has 102 valence electrons. The van der Waals surface area contributed by atoms with E-state index in [2.05, 4.69) is 9.97 Å². The Labute approximate surface area is 125 Å². The number of rotatable bonds is 0. The van der Waals surface area contributed by atoms with Crippen LogP contribution >= 0.6 is 0 Å². The molecule has 21 heavy (non-hydrogen) atoms. The van der Waals surface area contributed by atoms with Crippen molar-refractivity contribution in [1.29, 1.82) is 0 Å². The summed E-state index contributed by atoms with van der Waals surface area (Å²) in [7, 11) is 1.94. The van der Waals surface area contributed by atoms with Crippen molar-refractivity contribution in [2.24, 2.45) is 14.0 Å². The van der Waals surface area contributed by atoms with E-state index in [0.29, 0.717) is 12.4 Å². The number of nitrogens with zero attached hydrogens (tertiary/aromatic N) is 5. The minimum absolute atomic E-state index is 0.572. The van der Waals surface area contributed by atoms with Crippen molar-refractivity contribution in [2.75, 3.05) is 0 Å². The number of imidazole rings is 1. The maximum Gasteiger partial charge on any atom is 0.269 e. The van der Waals surface area contributed by atoms with Crippen LogP contribution in [0.2, 0.25) is 0 Å². The monoisotopic (exact) mass is 279 g/mol. The van der Waals surface area contributed by atoms with Gasteiger partial charge in [-0.05, 0) is 18.2 Å². The van der Waals surface area contributed by atoms with E-state index >= 15 is 0 Å². The van der Waals surface area contributed by atoms with Gasteiger partial charge in [-0.1, -0.05) is 0 Å². The minimum atomic E-state index is -2.28. The van der Waals surface area contributed by atoms with Crippen LogP contribution in [-0.4, -0.2) is 19.1 Å². The van der Waals surface area contributed by atoms with Crippen LogP contribution in [0.5, 0.6) is 0 Å². The average Bonchev–Trinajstić information content (AvgIpc) is 3.15. The third kappa shape index (κ3) is 1.15. The van der Waals surface area contributed by atoms with Crippen LogP contribution in [0.4, 0.5) is 0 Å². The maximum atomic E-state index is 8.10. The van der Waals surface area contributed by atoms with Gasteiger partial charge in [0.15, 0.2) is 5.52 Å². The van der Waals surface area contributed by atoms with E-state index in [1.807, 2.05) is 34.4 Å². The Morgan fingerprint density at radius 3 is 3.14 bits per heavy atom. The van der Waals surface area contributed by atoms with Crippen molar-refractivity contribution in [1.82, 2.24) is 19.1 Å². The van der Waals surface area contributed by atoms with Gasteiger partial charge in [-0.25, -0.2) is 4.57 Å². The van der Waals surface area contributed by atoms with E-state index < -0.39 is 6.98 Å². The molecule has 0 atom stereocenters. The molecule has 0 saturated heterocycles. The van der Waals surface area contributed by atoms with Crippen molar-refractivity contribution in [3.63, 3.8) is 0 Å². The summed E-state index contributed by atoms with van der Waals surface area (Å²) in [6.45, 7) is -1.71. The fourth-order valence-corrected chi connectivity index (χ4v) is 3.44. The molecule has 5 heterocycles. The highest BCUT2D eigenvalue weighted by molar-refractivity contribution is 6.04. The molecule has 4 aromatic heterocycles. The Hall–Kier alpha value is -2.69. The zero-order valence-corrected chi connectivity index (χ0v) is 11.4. The van der Waals surface area contributed by atoms with Crippen LogP contribution in [0.3, 0.4) is 0 Å². The number of pyridine rings is 2. The molecule has 1 aliphatic rings. The molecule has 4 aromatic rings. The number of aryl methyl sites for hydroxylation is 2. The molecular weight excluding hydrogens is 262 g/mol. The topological polar surface area (TPSA) is 39.5 Å². The third-order valence-electron chi connectivity index (χ3n) is 4.33. The zero-order chi connectivity index (χ0) is 16.6. The van der Waals surface area contributed by atoms with Crippen molar-refractivity contribution >= 4 is 22.1 Å². The molecule has 1 aliphatic heterocycles. The van der Waals surface area contributed by atoms with Crippen LogP contribution in [-0.2, 0) is 20.6 Å². The highest BCUT2D eigenvalue weighted by Gasteiger charge is 2.34. The van der Waals surface area contributed by atoms with Crippen LogP contribution in [0, 0.1) is 0 Å². The lowest BCUT2D eigenvalue weighted by molar-refractivity contribution is -0.649. The number of aromatic nitrogens is 5. The molecule has 0 amide bonds. The van der Waals surface area contributed by atoms with Gasteiger partial charge >= 0.3 is 0 Å². The fourth-order valence-electron chi connectivity index (χ4n) is 3.44. The summed E-state index contributed by atoms with van der Waals surface area (Å²) in [5, 5.41) is 0.894. The van der Waals surface area contributed by atoms with E-state index in [4.69, 9.17) is 4.11 Å². The predicted molar refractivity (Wildman–Crippen MR) is 79.7 cm³/mol. The molecule has 0 unspecified atom stereocenters. The molecule has 0 radical (unpaired) electrons. The lowest BCUT2D eigenvalue weighted by atomic mass is 10.2. The highest BCUT2D eigenvalue weighted by Crippen LogP contribution is 2.33. The van der Waals surface area contributed by atoms with Gasteiger partial charge in [0.2, 0.25) is 5.82 Å². The number of hydrogen-bond donors (Lipinski definition) is 0. The van der Waals surface area contributed by atoms with Gasteiger partial charge in [0.05, 0.1) is 41.0 Å². The Kier molecular flexibility index (Phi) is 1.42. The van der Waals surface area contributed by atoms with E-state index in [9.17, 15) is 0 Å². The van der Waals surface area contributed by atoms with Crippen LogP contribution in [0.25, 0.3) is 33.5 Å². The molecule has 5 heteroatoms. The molecule has 0 fully saturated rings. The van der Waals surface area contributed by atoms with Gasteiger partial charge in [-0.3, -0.25) is 19.1 Å². The average molecular weight is 279 g/mol. The Bertz CT molecular complexity index is 1140. The van der Waals surface area contributed by atoms with E-state index in [-0.39, 0.29) is 0 Å². The quantitative estimate of drug-likeness (QED) is 0.405. The summed E-state index contributed by atoms with van der Waals surface area (Å²) >= 11 is 0. The Morgan fingerprint density at radius 2 is 2.24 bits per heavy atom. The Morgan fingerprint density at radius 1 is 1.29 bits per heavy atom. The van der Waals surface area contributed by atoms with Gasteiger partial charge in [0.25, 0.3) is 5.65 Å². The first kappa shape index (κ1) is 8.56. The maximum absolute atomic E-state index is 8.10. The summed E-state index contributed by atoms with van der Waals surface area (Å²) in [6.07, 6.45) is 5.21. The van der Waals surface area contributed by atoms with E-state index in [1.165, 1.54) is 4.57 Å². The molecule has 0 saturated carbocycles. The largest absolute Gasteiger partial charge is 0.269 e. The Balaban J connectivity index is 2.05. The van der Waals surface area contributed by atoms with Gasteiger partial charge < -0.3 is 0 Å². The molecule has 0 aromatic carbocycles. The molecule has 5 rings (SSSR count). The molecular formula is C16H14N5+. The van der Waals surface area contributed by atoms with Crippen molar-refractivity contribution in [3.8, 4) is 11.4 Å². The van der Waals surface area contributed by atoms with Crippen LogP contribution in [0.15, 0.2) is 36.8 Å². The van der Waals surface area contributed by atoms with E-state index in [0.717, 1.165) is 33.3 Å². The first-order valence-electron chi connectivity index (χ1n) is 8.30. The number of fused-ring (bicyclic) bond motifs is 7. The summed E-state index contributed by atoms with van der Waals surface area (Å²) in [6, 6.07) is 5.66. The molecule has 0 aliphatic carbocycles. The standard InChI is InChI=1S/C16H14N5/c1-19-13-8-17-7-5-11(13)14-16(19)21-9-12-10(4-3-6-18-12)15(21)20(14)2/h3-8H,9H2,1-2H3/q+1/i2D3. The second-order valence-corrected chi connectivity index (χ2v) is 5.37. The summed E-state index contributed by atoms with van der Waals surface area (Å²) in [4.78, 5) is 8.60. The predicted octanol–water partition coefficient (Wildman–Crippen LogP) is 1.78. The van der Waals surface area contributed by atoms with Crippen molar-refractivity contribution in [3.05, 3.63) is 42.5 Å². The molecule has 0 bridgehead atoms. The highest BCUT2D eigenvalue weighted by atomic mass is 15.2. The van der Waals surface area contributed by atoms with Crippen molar-refractivity contribution < 1.29 is 8.68 Å². The smallest absolute Gasteiger partial charge is 0.261 e. The molecule has 5 nitrogen and oxygen atoms in total. The summed E-state index contributed by atoms with van der Waals surface area (Å²) in [5.74, 6) is 0.692. The third-order valence-corrected chi connectivity index (χ3v) is 4.33. The second kappa shape index (κ2) is 3.49. The van der Waals surface area contributed by atoms with Gasteiger partial charge in [-0.15, -0.1) is 0 Å². The number of hydrogen-bond acceptors (Lipinski definition) is 2. The SMILES string of the molecule is [2H]C([2H])([2H])n1c2[n+](c3c1c1ccncc1n3C)Cc1ncccc1-2. The normalized spacial score (nSPS) is 15.8. The molecule has 0 spiro atoms. The lowest BCUT2D eigenvalue weighted by Gasteiger charge is -1.97. The lowest BCUT2D eigenvalue weighted by Crippen LogP contribution is -2.33. The van der Waals surface area contributed by atoms with Gasteiger partial charge in [0, 0.05) is 12.4 Å². The van der Waals surface area contributed by atoms with Gasteiger partial charge in [-0.2, -0.15) is 0 Å². The van der Waals surface area contributed by atoms with E-state index in [1.54, 1.807) is 18.6 Å². The minimum Gasteiger partial charge on any atom is -0.261 e. The second-order valence-electron chi connectivity index (χ2n) is 5.37. The van der Waals surface area contributed by atoms with Crippen LogP contribution in [0.1, 0.15) is 9.81 Å². The van der Waals surface area contributed by atoms with Crippen molar-refractivity contribution in [2.45, 2.75) is 6.54 Å².